The monoisotopic (exact) mass is 226 g/mol. The number of nitrogens with zero attached hydrogens (tertiary/aromatic N) is 2. The average molecular weight is 227 g/mol. The highest BCUT2D eigenvalue weighted by atomic mass is 35.5. The summed E-state index contributed by atoms with van der Waals surface area (Å²) >= 11 is 5.83. The van der Waals surface area contributed by atoms with Crippen LogP contribution in [0.4, 0.5) is 0 Å². The summed E-state index contributed by atoms with van der Waals surface area (Å²) in [6, 6.07) is 3.94. The molecule has 1 rings (SSSR count). The van der Waals surface area contributed by atoms with E-state index in [-0.39, 0.29) is 0 Å². The highest BCUT2D eigenvalue weighted by molar-refractivity contribution is 6.29. The first kappa shape index (κ1) is 12.5. The van der Waals surface area contributed by atoms with E-state index in [1.165, 1.54) is 12.0 Å². The first-order valence-electron chi connectivity index (χ1n) is 5.40. The van der Waals surface area contributed by atoms with Gasteiger partial charge >= 0.3 is 0 Å². The largest absolute Gasteiger partial charge is 0.302 e. The van der Waals surface area contributed by atoms with Crippen LogP contribution in [0.15, 0.2) is 18.3 Å². The van der Waals surface area contributed by atoms with E-state index in [4.69, 9.17) is 11.6 Å². The summed E-state index contributed by atoms with van der Waals surface area (Å²) in [7, 11) is 2.14. The molecule has 0 spiro atoms. The zero-order chi connectivity index (χ0) is 11.3. The van der Waals surface area contributed by atoms with Crippen molar-refractivity contribution in [2.45, 2.75) is 26.8 Å². The Labute approximate surface area is 97.3 Å². The molecule has 1 atom stereocenters. The maximum Gasteiger partial charge on any atom is 0.129 e. The van der Waals surface area contributed by atoms with Crippen LogP contribution >= 0.6 is 11.6 Å². The van der Waals surface area contributed by atoms with Gasteiger partial charge in [-0.1, -0.05) is 31.9 Å². The lowest BCUT2D eigenvalue weighted by molar-refractivity contribution is 0.275. The molecule has 0 fully saturated rings. The van der Waals surface area contributed by atoms with Gasteiger partial charge in [-0.15, -0.1) is 0 Å². The smallest absolute Gasteiger partial charge is 0.129 e. The predicted octanol–water partition coefficient (Wildman–Crippen LogP) is 3.21. The Bertz CT molecular complexity index is 301. The van der Waals surface area contributed by atoms with E-state index in [9.17, 15) is 0 Å². The van der Waals surface area contributed by atoms with Crippen molar-refractivity contribution in [1.29, 1.82) is 0 Å². The van der Waals surface area contributed by atoms with Crippen LogP contribution < -0.4 is 0 Å². The first-order chi connectivity index (χ1) is 7.11. The van der Waals surface area contributed by atoms with E-state index in [0.717, 1.165) is 19.0 Å². The number of aromatic nitrogens is 1. The Hall–Kier alpha value is -0.600. The van der Waals surface area contributed by atoms with E-state index in [2.05, 4.69) is 30.8 Å². The van der Waals surface area contributed by atoms with Crippen molar-refractivity contribution in [3.8, 4) is 0 Å². The van der Waals surface area contributed by atoms with E-state index in [1.54, 1.807) is 6.20 Å². The molecule has 84 valence electrons. The van der Waals surface area contributed by atoms with Gasteiger partial charge in [-0.3, -0.25) is 0 Å². The van der Waals surface area contributed by atoms with Crippen molar-refractivity contribution in [1.82, 2.24) is 9.88 Å². The Balaban J connectivity index is 2.47. The Morgan fingerprint density at radius 1 is 1.53 bits per heavy atom. The normalized spacial score (nSPS) is 13.1. The van der Waals surface area contributed by atoms with Gasteiger partial charge in [0.05, 0.1) is 0 Å². The van der Waals surface area contributed by atoms with Gasteiger partial charge in [-0.25, -0.2) is 4.98 Å². The summed E-state index contributed by atoms with van der Waals surface area (Å²) in [5, 5.41) is 0.574. The molecule has 0 aliphatic rings. The summed E-state index contributed by atoms with van der Waals surface area (Å²) < 4.78 is 0. The van der Waals surface area contributed by atoms with Crippen molar-refractivity contribution >= 4 is 11.6 Å². The van der Waals surface area contributed by atoms with Gasteiger partial charge in [0.1, 0.15) is 5.15 Å². The third-order valence-electron chi connectivity index (χ3n) is 2.56. The van der Waals surface area contributed by atoms with Gasteiger partial charge in [0.15, 0.2) is 0 Å². The minimum Gasteiger partial charge on any atom is -0.302 e. The number of halogens is 1. The lowest BCUT2D eigenvalue weighted by atomic mass is 10.1. The molecule has 0 saturated heterocycles. The maximum absolute atomic E-state index is 5.83. The molecule has 3 heteroatoms. The lowest BCUT2D eigenvalue weighted by Crippen LogP contribution is -2.23. The standard InChI is InChI=1S/C12H19ClN2/c1-4-10(2)8-15(3)9-11-5-6-14-12(13)7-11/h5-7,10H,4,8-9H2,1-3H3. The highest BCUT2D eigenvalue weighted by Gasteiger charge is 2.05. The van der Waals surface area contributed by atoms with Crippen molar-refractivity contribution < 1.29 is 0 Å². The number of pyridine rings is 1. The van der Waals surface area contributed by atoms with Crippen LogP contribution in [0.25, 0.3) is 0 Å². The van der Waals surface area contributed by atoms with Crippen LogP contribution in [0.1, 0.15) is 25.8 Å². The summed E-state index contributed by atoms with van der Waals surface area (Å²) in [5.74, 6) is 0.743. The second kappa shape index (κ2) is 6.09. The van der Waals surface area contributed by atoms with E-state index in [0.29, 0.717) is 5.15 Å². The van der Waals surface area contributed by atoms with Crippen LogP contribution in [0.2, 0.25) is 5.15 Å². The summed E-state index contributed by atoms with van der Waals surface area (Å²) in [6.07, 6.45) is 2.98. The highest BCUT2D eigenvalue weighted by Crippen LogP contribution is 2.10. The van der Waals surface area contributed by atoms with Crippen molar-refractivity contribution in [2.24, 2.45) is 5.92 Å². The fourth-order valence-corrected chi connectivity index (χ4v) is 1.77. The Morgan fingerprint density at radius 2 is 2.27 bits per heavy atom. The lowest BCUT2D eigenvalue weighted by Gasteiger charge is -2.20. The van der Waals surface area contributed by atoms with E-state index < -0.39 is 0 Å². The Kier molecular flexibility index (Phi) is 5.06. The molecule has 0 bridgehead atoms. The molecule has 0 saturated carbocycles. The van der Waals surface area contributed by atoms with Crippen LogP contribution in [0.3, 0.4) is 0 Å². The van der Waals surface area contributed by atoms with Crippen LogP contribution in [-0.2, 0) is 6.54 Å². The van der Waals surface area contributed by atoms with Gasteiger partial charge in [0, 0.05) is 19.3 Å². The fourth-order valence-electron chi connectivity index (χ4n) is 1.58. The van der Waals surface area contributed by atoms with Gasteiger partial charge < -0.3 is 4.90 Å². The quantitative estimate of drug-likeness (QED) is 0.717. The number of hydrogen-bond donors (Lipinski definition) is 0. The molecule has 1 aromatic rings. The molecule has 0 aromatic carbocycles. The molecule has 0 radical (unpaired) electrons. The molecule has 2 nitrogen and oxygen atoms in total. The second-order valence-electron chi connectivity index (χ2n) is 4.20. The SMILES string of the molecule is CCC(C)CN(C)Cc1ccnc(Cl)c1. The number of hydrogen-bond acceptors (Lipinski definition) is 2. The Morgan fingerprint density at radius 3 is 2.87 bits per heavy atom. The molecular weight excluding hydrogens is 208 g/mol. The van der Waals surface area contributed by atoms with E-state index in [1.807, 2.05) is 12.1 Å². The molecule has 1 unspecified atom stereocenters. The third-order valence-corrected chi connectivity index (χ3v) is 2.77. The van der Waals surface area contributed by atoms with Crippen molar-refractivity contribution in [3.63, 3.8) is 0 Å². The molecule has 15 heavy (non-hydrogen) atoms. The second-order valence-corrected chi connectivity index (χ2v) is 4.58. The predicted molar refractivity (Wildman–Crippen MR) is 65.0 cm³/mol. The zero-order valence-corrected chi connectivity index (χ0v) is 10.5. The van der Waals surface area contributed by atoms with Crippen molar-refractivity contribution in [2.75, 3.05) is 13.6 Å². The zero-order valence-electron chi connectivity index (χ0n) is 9.70. The van der Waals surface area contributed by atoms with Crippen LogP contribution in [-0.4, -0.2) is 23.5 Å². The maximum atomic E-state index is 5.83. The minimum atomic E-state index is 0.574. The molecule has 0 N–H and O–H groups in total. The third kappa shape index (κ3) is 4.63. The molecular formula is C12H19ClN2. The molecule has 1 heterocycles. The average Bonchev–Trinajstić information content (AvgIpc) is 2.17. The molecule has 0 amide bonds. The van der Waals surface area contributed by atoms with Gasteiger partial charge in [-0.2, -0.15) is 0 Å². The van der Waals surface area contributed by atoms with Crippen LogP contribution in [0.5, 0.6) is 0 Å². The first-order valence-corrected chi connectivity index (χ1v) is 5.78. The topological polar surface area (TPSA) is 16.1 Å². The minimum absolute atomic E-state index is 0.574. The van der Waals surface area contributed by atoms with E-state index >= 15 is 0 Å². The number of rotatable bonds is 5. The van der Waals surface area contributed by atoms with Gasteiger partial charge in [-0.05, 0) is 30.7 Å². The molecule has 0 aliphatic carbocycles. The van der Waals surface area contributed by atoms with Crippen molar-refractivity contribution in [3.05, 3.63) is 29.0 Å². The summed E-state index contributed by atoms with van der Waals surface area (Å²) in [5.41, 5.74) is 1.22. The summed E-state index contributed by atoms with van der Waals surface area (Å²) in [4.78, 5) is 6.29. The summed E-state index contributed by atoms with van der Waals surface area (Å²) in [6.45, 7) is 6.56. The molecule has 1 aromatic heterocycles. The van der Waals surface area contributed by atoms with Gasteiger partial charge in [0.2, 0.25) is 0 Å². The fraction of sp³-hybridized carbons (Fsp3) is 0.583. The van der Waals surface area contributed by atoms with Gasteiger partial charge in [0.25, 0.3) is 0 Å². The molecule has 0 aliphatic heterocycles. The van der Waals surface area contributed by atoms with Crippen LogP contribution in [0, 0.1) is 5.92 Å².